The van der Waals surface area contributed by atoms with E-state index in [-0.39, 0.29) is 11.9 Å². The third-order valence-electron chi connectivity index (χ3n) is 4.04. The first kappa shape index (κ1) is 13.9. The van der Waals surface area contributed by atoms with E-state index in [0.29, 0.717) is 18.8 Å². The number of carbonyl (C=O) groups is 1. The summed E-state index contributed by atoms with van der Waals surface area (Å²) in [6.07, 6.45) is 3.72. The maximum absolute atomic E-state index is 12.5. The fourth-order valence-electron chi connectivity index (χ4n) is 2.74. The van der Waals surface area contributed by atoms with E-state index in [4.69, 9.17) is 4.42 Å². The van der Waals surface area contributed by atoms with Gasteiger partial charge in [0.15, 0.2) is 5.76 Å². The number of furan rings is 1. The van der Waals surface area contributed by atoms with Gasteiger partial charge in [-0.05, 0) is 26.1 Å². The van der Waals surface area contributed by atoms with Crippen LogP contribution in [-0.2, 0) is 7.05 Å². The Morgan fingerprint density at radius 1 is 1.33 bits per heavy atom. The number of nitrogens with zero attached hydrogens (tertiary/aromatic N) is 4. The fourth-order valence-corrected chi connectivity index (χ4v) is 2.74. The summed E-state index contributed by atoms with van der Waals surface area (Å²) in [5, 5.41) is 0. The van der Waals surface area contributed by atoms with E-state index in [0.717, 1.165) is 18.1 Å². The van der Waals surface area contributed by atoms with Crippen LogP contribution in [0.5, 0.6) is 0 Å². The molecule has 1 aliphatic rings. The molecule has 1 aliphatic heterocycles. The van der Waals surface area contributed by atoms with Gasteiger partial charge in [-0.3, -0.25) is 9.69 Å². The van der Waals surface area contributed by atoms with Crippen molar-refractivity contribution in [1.82, 2.24) is 19.4 Å². The number of likely N-dealkylation sites (N-methyl/N-ethyl adjacent to an activating group) is 1. The van der Waals surface area contributed by atoms with E-state index in [9.17, 15) is 4.79 Å². The smallest absolute Gasteiger partial charge is 0.289 e. The number of rotatable bonds is 2. The molecule has 0 spiro atoms. The third-order valence-corrected chi connectivity index (χ3v) is 4.04. The van der Waals surface area contributed by atoms with E-state index < -0.39 is 0 Å². The molecule has 0 aliphatic carbocycles. The average Bonchev–Trinajstić information content (AvgIpc) is 3.07. The molecule has 0 bridgehead atoms. The Kier molecular flexibility index (Phi) is 3.55. The summed E-state index contributed by atoms with van der Waals surface area (Å²) in [4.78, 5) is 21.0. The van der Waals surface area contributed by atoms with E-state index in [2.05, 4.69) is 16.9 Å². The predicted octanol–water partition coefficient (Wildman–Crippen LogP) is 1.45. The molecule has 6 heteroatoms. The molecule has 1 amide bonds. The Morgan fingerprint density at radius 2 is 2.14 bits per heavy atom. The Balaban J connectivity index is 1.80. The Bertz CT molecular complexity index is 646. The molecule has 6 nitrogen and oxygen atoms in total. The minimum atomic E-state index is -0.0459. The lowest BCUT2D eigenvalue weighted by Crippen LogP contribution is -2.49. The summed E-state index contributed by atoms with van der Waals surface area (Å²) in [5.41, 5.74) is 0. The molecule has 112 valence electrons. The van der Waals surface area contributed by atoms with Crippen molar-refractivity contribution in [3.63, 3.8) is 0 Å². The molecule has 3 heterocycles. The molecule has 0 radical (unpaired) electrons. The summed E-state index contributed by atoms with van der Waals surface area (Å²) < 4.78 is 7.46. The van der Waals surface area contributed by atoms with Gasteiger partial charge in [0.25, 0.3) is 5.91 Å². The average molecular weight is 288 g/mol. The van der Waals surface area contributed by atoms with Crippen molar-refractivity contribution in [2.75, 3.05) is 26.7 Å². The first-order valence-corrected chi connectivity index (χ1v) is 7.09. The second-order valence-electron chi connectivity index (χ2n) is 5.55. The standard InChI is InChI=1S/C15H20N4O2/c1-11-4-5-13(21-11)15(20)19-9-8-17(2)12(10-19)14-16-6-7-18(14)3/h4-7,12H,8-10H2,1-3H3/t12-/m1/s1. The molecule has 0 saturated carbocycles. The molecule has 0 N–H and O–H groups in total. The Morgan fingerprint density at radius 3 is 2.76 bits per heavy atom. The van der Waals surface area contributed by atoms with Crippen molar-refractivity contribution in [2.24, 2.45) is 7.05 Å². The van der Waals surface area contributed by atoms with Gasteiger partial charge in [-0.2, -0.15) is 0 Å². The van der Waals surface area contributed by atoms with Crippen molar-refractivity contribution in [3.8, 4) is 0 Å². The largest absolute Gasteiger partial charge is 0.456 e. The molecule has 2 aromatic rings. The maximum Gasteiger partial charge on any atom is 0.289 e. The van der Waals surface area contributed by atoms with Crippen molar-refractivity contribution < 1.29 is 9.21 Å². The molecule has 0 aromatic carbocycles. The highest BCUT2D eigenvalue weighted by molar-refractivity contribution is 5.91. The number of carbonyl (C=O) groups excluding carboxylic acids is 1. The summed E-state index contributed by atoms with van der Waals surface area (Å²) in [6, 6.07) is 3.67. The van der Waals surface area contributed by atoms with Crippen LogP contribution in [0, 0.1) is 6.92 Å². The zero-order valence-corrected chi connectivity index (χ0v) is 12.6. The molecule has 21 heavy (non-hydrogen) atoms. The minimum Gasteiger partial charge on any atom is -0.456 e. The summed E-state index contributed by atoms with van der Waals surface area (Å²) in [7, 11) is 4.05. The first-order chi connectivity index (χ1) is 10.1. The second kappa shape index (κ2) is 5.37. The molecular weight excluding hydrogens is 268 g/mol. The highest BCUT2D eigenvalue weighted by Crippen LogP contribution is 2.23. The molecule has 1 saturated heterocycles. The van der Waals surface area contributed by atoms with Crippen molar-refractivity contribution in [3.05, 3.63) is 41.9 Å². The maximum atomic E-state index is 12.5. The van der Waals surface area contributed by atoms with E-state index >= 15 is 0 Å². The summed E-state index contributed by atoms with van der Waals surface area (Å²) in [6.45, 7) is 4.00. The lowest BCUT2D eigenvalue weighted by Gasteiger charge is -2.38. The quantitative estimate of drug-likeness (QED) is 0.839. The molecule has 0 unspecified atom stereocenters. The van der Waals surface area contributed by atoms with Gasteiger partial charge in [-0.15, -0.1) is 0 Å². The number of hydrogen-bond donors (Lipinski definition) is 0. The van der Waals surface area contributed by atoms with Gasteiger partial charge in [0.1, 0.15) is 11.6 Å². The highest BCUT2D eigenvalue weighted by Gasteiger charge is 2.31. The molecule has 2 aromatic heterocycles. The lowest BCUT2D eigenvalue weighted by atomic mass is 10.1. The van der Waals surface area contributed by atoms with Gasteiger partial charge < -0.3 is 13.9 Å². The van der Waals surface area contributed by atoms with Crippen LogP contribution in [0.4, 0.5) is 0 Å². The van der Waals surface area contributed by atoms with Crippen LogP contribution in [0.3, 0.4) is 0 Å². The van der Waals surface area contributed by atoms with Crippen LogP contribution >= 0.6 is 0 Å². The van der Waals surface area contributed by atoms with E-state index in [1.54, 1.807) is 12.3 Å². The van der Waals surface area contributed by atoms with Gasteiger partial charge in [-0.25, -0.2) is 4.98 Å². The van der Waals surface area contributed by atoms with E-state index in [1.165, 1.54) is 0 Å². The second-order valence-corrected chi connectivity index (χ2v) is 5.55. The number of aromatic nitrogens is 2. The minimum absolute atomic E-state index is 0.0459. The summed E-state index contributed by atoms with van der Waals surface area (Å²) in [5.74, 6) is 2.10. The first-order valence-electron chi connectivity index (χ1n) is 7.09. The van der Waals surface area contributed by atoms with Gasteiger partial charge in [0.2, 0.25) is 0 Å². The van der Waals surface area contributed by atoms with Crippen molar-refractivity contribution in [1.29, 1.82) is 0 Å². The SMILES string of the molecule is Cc1ccc(C(=O)N2CCN(C)[C@@H](c3nccn3C)C2)o1. The number of imidazole rings is 1. The Hall–Kier alpha value is -2.08. The number of aryl methyl sites for hydroxylation is 2. The third kappa shape index (κ3) is 2.58. The molecule has 3 rings (SSSR count). The van der Waals surface area contributed by atoms with E-state index in [1.807, 2.05) is 35.7 Å². The van der Waals surface area contributed by atoms with Gasteiger partial charge in [-0.1, -0.05) is 0 Å². The fraction of sp³-hybridized carbons (Fsp3) is 0.467. The van der Waals surface area contributed by atoms with Crippen LogP contribution in [-0.4, -0.2) is 51.9 Å². The Labute approximate surface area is 124 Å². The summed E-state index contributed by atoms with van der Waals surface area (Å²) >= 11 is 0. The van der Waals surface area contributed by atoms with Crippen molar-refractivity contribution >= 4 is 5.91 Å². The van der Waals surface area contributed by atoms with Crippen LogP contribution in [0.1, 0.15) is 28.2 Å². The number of amides is 1. The van der Waals surface area contributed by atoms with Gasteiger partial charge in [0, 0.05) is 39.1 Å². The zero-order chi connectivity index (χ0) is 15.0. The lowest BCUT2D eigenvalue weighted by molar-refractivity contribution is 0.0499. The van der Waals surface area contributed by atoms with Gasteiger partial charge in [0.05, 0.1) is 6.04 Å². The number of hydrogen-bond acceptors (Lipinski definition) is 4. The van der Waals surface area contributed by atoms with Crippen LogP contribution < -0.4 is 0 Å². The molecule has 1 atom stereocenters. The molecular formula is C15H20N4O2. The van der Waals surface area contributed by atoms with Crippen LogP contribution in [0.15, 0.2) is 28.9 Å². The topological polar surface area (TPSA) is 54.5 Å². The predicted molar refractivity (Wildman–Crippen MR) is 77.9 cm³/mol. The van der Waals surface area contributed by atoms with Crippen LogP contribution in [0.2, 0.25) is 0 Å². The van der Waals surface area contributed by atoms with Gasteiger partial charge >= 0.3 is 0 Å². The monoisotopic (exact) mass is 288 g/mol. The normalized spacial score (nSPS) is 20.0. The zero-order valence-electron chi connectivity index (χ0n) is 12.6. The highest BCUT2D eigenvalue weighted by atomic mass is 16.3. The number of piperazine rings is 1. The molecule has 1 fully saturated rings. The van der Waals surface area contributed by atoms with Crippen molar-refractivity contribution in [2.45, 2.75) is 13.0 Å². The van der Waals surface area contributed by atoms with Crippen LogP contribution in [0.25, 0.3) is 0 Å².